The maximum absolute atomic E-state index is 12.9. The molecule has 0 spiro atoms. The van der Waals surface area contributed by atoms with E-state index in [0.29, 0.717) is 29.3 Å². The molecular weight excluding hydrogens is 297 g/mol. The summed E-state index contributed by atoms with van der Waals surface area (Å²) in [5.74, 6) is 0.770. The number of anilines is 1. The Hall–Kier alpha value is -2.89. The van der Waals surface area contributed by atoms with Gasteiger partial charge in [-0.1, -0.05) is 12.1 Å². The Labute approximate surface area is 132 Å². The van der Waals surface area contributed by atoms with E-state index in [1.54, 1.807) is 49.1 Å². The van der Waals surface area contributed by atoms with Gasteiger partial charge < -0.3 is 9.73 Å². The van der Waals surface area contributed by atoms with Gasteiger partial charge in [-0.3, -0.25) is 9.48 Å². The van der Waals surface area contributed by atoms with Crippen molar-refractivity contribution >= 4 is 11.6 Å². The molecule has 0 unspecified atom stereocenters. The molecule has 0 fully saturated rings. The van der Waals surface area contributed by atoms with Gasteiger partial charge >= 0.3 is 0 Å². The van der Waals surface area contributed by atoms with Gasteiger partial charge in [0.05, 0.1) is 24.0 Å². The van der Waals surface area contributed by atoms with E-state index in [1.165, 1.54) is 12.1 Å². The van der Waals surface area contributed by atoms with E-state index in [0.717, 1.165) is 5.56 Å². The van der Waals surface area contributed by atoms with Gasteiger partial charge in [0.15, 0.2) is 0 Å². The lowest BCUT2D eigenvalue weighted by Gasteiger charge is -2.02. The molecule has 0 aliphatic carbocycles. The second kappa shape index (κ2) is 6.08. The van der Waals surface area contributed by atoms with Gasteiger partial charge in [-0.15, -0.1) is 0 Å². The smallest absolute Gasteiger partial charge is 0.259 e. The van der Waals surface area contributed by atoms with E-state index in [4.69, 9.17) is 4.42 Å². The molecule has 1 amide bonds. The van der Waals surface area contributed by atoms with Gasteiger partial charge in [0.1, 0.15) is 17.3 Å². The molecule has 2 aromatic heterocycles. The zero-order valence-corrected chi connectivity index (χ0v) is 12.8. The Morgan fingerprint density at radius 3 is 2.70 bits per heavy atom. The largest absolute Gasteiger partial charge is 0.466 e. The number of carbonyl (C=O) groups is 1. The number of nitrogens with zero attached hydrogens (tertiary/aromatic N) is 2. The van der Waals surface area contributed by atoms with Gasteiger partial charge in [0.2, 0.25) is 0 Å². The third-order valence-corrected chi connectivity index (χ3v) is 3.43. The van der Waals surface area contributed by atoms with Crippen LogP contribution in [0.15, 0.2) is 47.1 Å². The van der Waals surface area contributed by atoms with Crippen molar-refractivity contribution in [2.75, 3.05) is 5.32 Å². The van der Waals surface area contributed by atoms with Crippen molar-refractivity contribution in [1.29, 1.82) is 0 Å². The minimum atomic E-state index is -0.270. The van der Waals surface area contributed by atoms with Gasteiger partial charge in [-0.2, -0.15) is 5.10 Å². The molecule has 1 aromatic carbocycles. The fraction of sp³-hybridized carbons (Fsp3) is 0.176. The van der Waals surface area contributed by atoms with Crippen LogP contribution in [0.4, 0.5) is 10.1 Å². The molecule has 23 heavy (non-hydrogen) atoms. The number of hydrogen-bond donors (Lipinski definition) is 1. The molecule has 0 saturated heterocycles. The maximum atomic E-state index is 12.9. The van der Waals surface area contributed by atoms with Crippen molar-refractivity contribution in [1.82, 2.24) is 9.78 Å². The Morgan fingerprint density at radius 1 is 1.30 bits per heavy atom. The fourth-order valence-electron chi connectivity index (χ4n) is 2.35. The number of rotatable bonds is 4. The minimum Gasteiger partial charge on any atom is -0.466 e. The number of carbonyl (C=O) groups excluding carboxylic acids is 1. The lowest BCUT2D eigenvalue weighted by molar-refractivity contribution is 0.102. The van der Waals surface area contributed by atoms with Crippen LogP contribution in [0.5, 0.6) is 0 Å². The highest BCUT2D eigenvalue weighted by molar-refractivity contribution is 6.04. The van der Waals surface area contributed by atoms with Crippen LogP contribution in [0, 0.1) is 19.7 Å². The summed E-state index contributed by atoms with van der Waals surface area (Å²) < 4.78 is 19.9. The van der Waals surface area contributed by atoms with Crippen LogP contribution in [-0.2, 0) is 6.54 Å². The zero-order valence-electron chi connectivity index (χ0n) is 12.8. The first-order chi connectivity index (χ1) is 11.0. The number of benzene rings is 1. The lowest BCUT2D eigenvalue weighted by atomic mass is 10.2. The van der Waals surface area contributed by atoms with Gasteiger partial charge in [-0.05, 0) is 37.6 Å². The van der Waals surface area contributed by atoms with Crippen LogP contribution < -0.4 is 5.32 Å². The molecular formula is C17H16FN3O2. The van der Waals surface area contributed by atoms with Crippen molar-refractivity contribution < 1.29 is 13.6 Å². The van der Waals surface area contributed by atoms with Crippen molar-refractivity contribution in [2.24, 2.45) is 0 Å². The second-order valence-electron chi connectivity index (χ2n) is 5.33. The van der Waals surface area contributed by atoms with Crippen molar-refractivity contribution in [3.63, 3.8) is 0 Å². The lowest BCUT2D eigenvalue weighted by Crippen LogP contribution is -2.11. The Morgan fingerprint density at radius 2 is 2.04 bits per heavy atom. The summed E-state index contributed by atoms with van der Waals surface area (Å²) >= 11 is 0. The molecule has 0 radical (unpaired) electrons. The molecule has 3 rings (SSSR count). The average Bonchev–Trinajstić information content (AvgIpc) is 3.07. The van der Waals surface area contributed by atoms with Gasteiger partial charge in [0.25, 0.3) is 5.91 Å². The summed E-state index contributed by atoms with van der Waals surface area (Å²) in [4.78, 5) is 12.2. The summed E-state index contributed by atoms with van der Waals surface area (Å²) in [5.41, 5.74) is 2.03. The quantitative estimate of drug-likeness (QED) is 0.801. The molecule has 6 heteroatoms. The second-order valence-corrected chi connectivity index (χ2v) is 5.33. The van der Waals surface area contributed by atoms with Crippen LogP contribution in [0.3, 0.4) is 0 Å². The van der Waals surface area contributed by atoms with E-state index < -0.39 is 0 Å². The molecule has 0 saturated carbocycles. The average molecular weight is 313 g/mol. The van der Waals surface area contributed by atoms with Gasteiger partial charge in [-0.25, -0.2) is 4.39 Å². The summed E-state index contributed by atoms with van der Waals surface area (Å²) in [5, 5.41) is 6.98. The van der Waals surface area contributed by atoms with E-state index >= 15 is 0 Å². The molecule has 0 aliphatic rings. The Bertz CT molecular complexity index is 834. The van der Waals surface area contributed by atoms with E-state index in [2.05, 4.69) is 10.4 Å². The van der Waals surface area contributed by atoms with Crippen molar-refractivity contribution in [3.8, 4) is 0 Å². The van der Waals surface area contributed by atoms with Gasteiger partial charge in [0, 0.05) is 6.20 Å². The summed E-state index contributed by atoms with van der Waals surface area (Å²) in [6.45, 7) is 4.05. The first-order valence-electron chi connectivity index (χ1n) is 7.16. The Balaban J connectivity index is 1.68. The third kappa shape index (κ3) is 3.48. The number of halogens is 1. The van der Waals surface area contributed by atoms with E-state index in [-0.39, 0.29) is 11.7 Å². The van der Waals surface area contributed by atoms with Crippen LogP contribution in [0.1, 0.15) is 27.4 Å². The minimum absolute atomic E-state index is 0.235. The van der Waals surface area contributed by atoms with E-state index in [1.807, 2.05) is 0 Å². The molecule has 5 nitrogen and oxygen atoms in total. The van der Waals surface area contributed by atoms with Crippen molar-refractivity contribution in [3.05, 3.63) is 71.2 Å². The number of aromatic nitrogens is 2. The SMILES string of the molecule is Cc1cc(C(=O)Nc2cnn(Cc3ccc(F)cc3)c2)c(C)o1. The highest BCUT2D eigenvalue weighted by atomic mass is 19.1. The first-order valence-corrected chi connectivity index (χ1v) is 7.16. The van der Waals surface area contributed by atoms with Crippen LogP contribution in [0.25, 0.3) is 0 Å². The van der Waals surface area contributed by atoms with Crippen LogP contribution >= 0.6 is 0 Å². The molecule has 118 valence electrons. The normalized spacial score (nSPS) is 10.7. The first kappa shape index (κ1) is 15.0. The summed E-state index contributed by atoms with van der Waals surface area (Å²) in [6, 6.07) is 7.92. The predicted octanol–water partition coefficient (Wildman–Crippen LogP) is 3.53. The standard InChI is InChI=1S/C17H16FN3O2/c1-11-7-16(12(2)23-11)17(22)20-15-8-19-21(10-15)9-13-3-5-14(18)6-4-13/h3-8,10H,9H2,1-2H3,(H,20,22). The topological polar surface area (TPSA) is 60.1 Å². The highest BCUT2D eigenvalue weighted by Crippen LogP contribution is 2.16. The monoisotopic (exact) mass is 313 g/mol. The number of aryl methyl sites for hydroxylation is 2. The van der Waals surface area contributed by atoms with E-state index in [9.17, 15) is 9.18 Å². The fourth-order valence-corrected chi connectivity index (χ4v) is 2.35. The molecule has 0 bridgehead atoms. The molecule has 0 atom stereocenters. The molecule has 1 N–H and O–H groups in total. The molecule has 2 heterocycles. The molecule has 0 aliphatic heterocycles. The number of amides is 1. The molecule has 3 aromatic rings. The number of furan rings is 1. The Kier molecular flexibility index (Phi) is 3.97. The zero-order chi connectivity index (χ0) is 16.4. The highest BCUT2D eigenvalue weighted by Gasteiger charge is 2.14. The van der Waals surface area contributed by atoms with Crippen LogP contribution in [-0.4, -0.2) is 15.7 Å². The predicted molar refractivity (Wildman–Crippen MR) is 83.9 cm³/mol. The maximum Gasteiger partial charge on any atom is 0.259 e. The summed E-state index contributed by atoms with van der Waals surface area (Å²) in [6.07, 6.45) is 3.30. The summed E-state index contributed by atoms with van der Waals surface area (Å²) in [7, 11) is 0. The third-order valence-electron chi connectivity index (χ3n) is 3.43. The van der Waals surface area contributed by atoms with Crippen molar-refractivity contribution in [2.45, 2.75) is 20.4 Å². The number of hydrogen-bond acceptors (Lipinski definition) is 3. The van der Waals surface area contributed by atoms with Crippen LogP contribution in [0.2, 0.25) is 0 Å². The number of nitrogens with one attached hydrogen (secondary N) is 1.